The van der Waals surface area contributed by atoms with Gasteiger partial charge in [-0.15, -0.1) is 0 Å². The Morgan fingerprint density at radius 3 is 2.53 bits per heavy atom. The van der Waals surface area contributed by atoms with E-state index < -0.39 is 68.3 Å². The van der Waals surface area contributed by atoms with Gasteiger partial charge in [0, 0.05) is 6.20 Å². The van der Waals surface area contributed by atoms with Gasteiger partial charge in [0.2, 0.25) is 0 Å². The molecule has 210 valence electrons. The third-order valence-electron chi connectivity index (χ3n) is 5.74. The van der Waals surface area contributed by atoms with Gasteiger partial charge in [0.25, 0.3) is 0 Å². The molecule has 0 bridgehead atoms. The van der Waals surface area contributed by atoms with E-state index in [0.717, 1.165) is 4.57 Å². The number of hydrogen-bond donors (Lipinski definition) is 4. The number of hydrogen-bond acceptors (Lipinski definition) is 11. The molecule has 0 saturated carbocycles. The van der Waals surface area contributed by atoms with Crippen LogP contribution in [0.3, 0.4) is 0 Å². The molecule has 38 heavy (non-hydrogen) atoms. The molecule has 1 unspecified atom stereocenters. The lowest BCUT2D eigenvalue weighted by atomic mass is 9.91. The van der Waals surface area contributed by atoms with Crippen molar-refractivity contribution in [3.8, 4) is 5.75 Å². The number of rotatable bonds is 11. The Hall–Kier alpha value is -2.87. The zero-order valence-electron chi connectivity index (χ0n) is 21.4. The average Bonchev–Trinajstić information content (AvgIpc) is 3.10. The molecule has 2 heterocycles. The first-order chi connectivity index (χ1) is 17.8. The van der Waals surface area contributed by atoms with Crippen molar-refractivity contribution in [3.63, 3.8) is 0 Å². The molecular weight excluding hydrogens is 524 g/mol. The largest absolute Gasteiger partial charge is 0.462 e. The second-order valence-electron chi connectivity index (χ2n) is 9.23. The van der Waals surface area contributed by atoms with E-state index in [1.165, 1.54) is 38.2 Å². The number of nitrogens with two attached hydrogens (primary N) is 2. The number of nitrogens with one attached hydrogen (secondary N) is 1. The Balaban J connectivity index is 1.88. The summed E-state index contributed by atoms with van der Waals surface area (Å²) >= 11 is 0. The summed E-state index contributed by atoms with van der Waals surface area (Å²) in [5.74, 6) is -0.628. The molecule has 1 aliphatic rings. The number of aliphatic hydroxyl groups excluding tert-OH is 1. The van der Waals surface area contributed by atoms with Crippen molar-refractivity contribution < 1.29 is 37.4 Å². The predicted octanol–water partition coefficient (Wildman–Crippen LogP) is 1.27. The summed E-state index contributed by atoms with van der Waals surface area (Å²) in [5, 5.41) is 13.5. The van der Waals surface area contributed by atoms with Crippen LogP contribution >= 0.6 is 7.75 Å². The number of esters is 1. The lowest BCUT2D eigenvalue weighted by Gasteiger charge is -2.31. The Morgan fingerprint density at radius 1 is 1.29 bits per heavy atom. The molecule has 0 spiro atoms. The van der Waals surface area contributed by atoms with E-state index in [4.69, 9.17) is 30.0 Å². The van der Waals surface area contributed by atoms with Crippen molar-refractivity contribution in [1.29, 1.82) is 0 Å². The number of halogens is 1. The van der Waals surface area contributed by atoms with Crippen molar-refractivity contribution in [2.24, 2.45) is 5.73 Å². The van der Waals surface area contributed by atoms with Crippen LogP contribution in [0.4, 0.5) is 10.2 Å². The smallest absolute Gasteiger partial charge is 0.459 e. The van der Waals surface area contributed by atoms with Crippen LogP contribution in [0.2, 0.25) is 0 Å². The van der Waals surface area contributed by atoms with Crippen molar-refractivity contribution in [3.05, 3.63) is 53.1 Å². The monoisotopic (exact) mass is 557 g/mol. The molecule has 0 radical (unpaired) electrons. The fraction of sp³-hybridized carbons (Fsp3) is 0.522. The number of para-hydroxylation sites is 1. The van der Waals surface area contributed by atoms with Gasteiger partial charge < -0.3 is 30.6 Å². The van der Waals surface area contributed by atoms with E-state index in [1.54, 1.807) is 32.0 Å². The van der Waals surface area contributed by atoms with E-state index in [-0.39, 0.29) is 11.6 Å². The fourth-order valence-corrected chi connectivity index (χ4v) is 5.54. The highest BCUT2D eigenvalue weighted by atomic mass is 31.2. The SMILES string of the molecule is CC(C)OC(=O)[C@H](C)N[P@@](=O)(Oc1ccccc1)O[C@H](C)[C@H]1O[C@@H](n2ccc(N)nc2=O)[C@@](N)(CF)C1O. The Morgan fingerprint density at radius 2 is 1.95 bits per heavy atom. The Kier molecular flexibility index (Phi) is 9.29. The Labute approximate surface area is 218 Å². The van der Waals surface area contributed by atoms with Crippen LogP contribution in [-0.4, -0.2) is 63.3 Å². The van der Waals surface area contributed by atoms with Gasteiger partial charge in [0.1, 0.15) is 42.0 Å². The molecular formula is C23H33FN5O8P. The molecule has 6 N–H and O–H groups in total. The van der Waals surface area contributed by atoms with Crippen LogP contribution in [0.15, 0.2) is 47.4 Å². The quantitative estimate of drug-likeness (QED) is 0.229. The third-order valence-corrected chi connectivity index (χ3v) is 7.50. The number of nitrogen functional groups attached to an aromatic ring is 1. The lowest BCUT2D eigenvalue weighted by molar-refractivity contribution is -0.149. The van der Waals surface area contributed by atoms with Gasteiger partial charge in [0.15, 0.2) is 6.23 Å². The van der Waals surface area contributed by atoms with E-state index in [1.807, 2.05) is 0 Å². The van der Waals surface area contributed by atoms with Crippen LogP contribution in [0.1, 0.15) is 33.9 Å². The van der Waals surface area contributed by atoms with Crippen LogP contribution < -0.4 is 26.8 Å². The lowest BCUT2D eigenvalue weighted by Crippen LogP contribution is -2.58. The summed E-state index contributed by atoms with van der Waals surface area (Å²) in [6, 6.07) is 8.18. The number of benzene rings is 1. The van der Waals surface area contributed by atoms with Crippen LogP contribution in [0.25, 0.3) is 0 Å². The summed E-state index contributed by atoms with van der Waals surface area (Å²) in [6.45, 7) is 4.83. The zero-order chi connectivity index (χ0) is 28.3. The number of anilines is 1. The summed E-state index contributed by atoms with van der Waals surface area (Å²) in [4.78, 5) is 28.3. The van der Waals surface area contributed by atoms with E-state index in [0.29, 0.717) is 0 Å². The average molecular weight is 558 g/mol. The predicted molar refractivity (Wildman–Crippen MR) is 135 cm³/mol. The van der Waals surface area contributed by atoms with E-state index in [9.17, 15) is 23.7 Å². The first-order valence-electron chi connectivity index (χ1n) is 11.8. The zero-order valence-corrected chi connectivity index (χ0v) is 22.3. The minimum Gasteiger partial charge on any atom is -0.462 e. The number of aromatic nitrogens is 2. The molecule has 2 aromatic rings. The maximum absolute atomic E-state index is 14.2. The maximum atomic E-state index is 14.2. The number of alkyl halides is 1. The molecule has 1 aliphatic heterocycles. The standard InChI is InChI=1S/C23H33FN5O8P/c1-13(2)34-20(31)14(3)28-38(33,37-16-8-6-5-7-9-16)36-15(4)18-19(30)23(26,12-24)21(35-18)29-11-10-17(25)27-22(29)32/h5-11,13-15,18-19,21,30H,12,26H2,1-4H3,(H,28,33)(H2,25,27,32)/t14-,15+,18+,19?,21+,23+,38-/m0/s1. The topological polar surface area (TPSA) is 190 Å². The minimum atomic E-state index is -4.36. The highest BCUT2D eigenvalue weighted by Crippen LogP contribution is 2.48. The van der Waals surface area contributed by atoms with Gasteiger partial charge in [-0.05, 0) is 45.9 Å². The summed E-state index contributed by atoms with van der Waals surface area (Å²) < 4.78 is 51.2. The molecule has 3 rings (SSSR count). The summed E-state index contributed by atoms with van der Waals surface area (Å²) in [6.07, 6.45) is -5.06. The molecule has 0 aliphatic carbocycles. The van der Waals surface area contributed by atoms with E-state index >= 15 is 0 Å². The van der Waals surface area contributed by atoms with E-state index in [2.05, 4.69) is 10.1 Å². The number of carbonyl (C=O) groups is 1. The molecule has 1 aromatic carbocycles. The van der Waals surface area contributed by atoms with Gasteiger partial charge in [-0.1, -0.05) is 18.2 Å². The van der Waals surface area contributed by atoms with Crippen LogP contribution in [-0.2, 0) is 23.4 Å². The van der Waals surface area contributed by atoms with Gasteiger partial charge in [0.05, 0.1) is 12.2 Å². The van der Waals surface area contributed by atoms with Gasteiger partial charge in [-0.3, -0.25) is 13.9 Å². The molecule has 1 fully saturated rings. The van der Waals surface area contributed by atoms with Gasteiger partial charge in [-0.2, -0.15) is 10.1 Å². The first-order valence-corrected chi connectivity index (χ1v) is 13.4. The molecule has 13 nitrogen and oxygen atoms in total. The van der Waals surface area contributed by atoms with Crippen molar-refractivity contribution in [2.75, 3.05) is 12.4 Å². The second-order valence-corrected chi connectivity index (χ2v) is 10.9. The van der Waals surface area contributed by atoms with Crippen molar-refractivity contribution in [2.45, 2.75) is 69.9 Å². The molecule has 7 atom stereocenters. The third kappa shape index (κ3) is 6.57. The molecule has 1 saturated heterocycles. The Bertz CT molecular complexity index is 1220. The number of carbonyl (C=O) groups excluding carboxylic acids is 1. The first kappa shape index (κ1) is 29.7. The maximum Gasteiger partial charge on any atom is 0.459 e. The summed E-state index contributed by atoms with van der Waals surface area (Å²) in [7, 11) is -4.36. The van der Waals surface area contributed by atoms with Crippen LogP contribution in [0, 0.1) is 0 Å². The van der Waals surface area contributed by atoms with Crippen molar-refractivity contribution >= 4 is 19.5 Å². The second kappa shape index (κ2) is 11.9. The van der Waals surface area contributed by atoms with Gasteiger partial charge in [-0.25, -0.2) is 13.8 Å². The fourth-order valence-electron chi connectivity index (χ4n) is 3.84. The molecule has 1 aromatic heterocycles. The molecule has 0 amide bonds. The normalized spacial score (nSPS) is 26.5. The number of nitrogens with zero attached hydrogens (tertiary/aromatic N) is 2. The highest BCUT2D eigenvalue weighted by Gasteiger charge is 2.58. The highest BCUT2D eigenvalue weighted by molar-refractivity contribution is 7.52. The van der Waals surface area contributed by atoms with Gasteiger partial charge >= 0.3 is 19.4 Å². The number of aliphatic hydroxyl groups is 1. The number of ether oxygens (including phenoxy) is 2. The van der Waals surface area contributed by atoms with Crippen LogP contribution in [0.5, 0.6) is 5.75 Å². The van der Waals surface area contributed by atoms with Crippen molar-refractivity contribution in [1.82, 2.24) is 14.6 Å². The minimum absolute atomic E-state index is 0.0731. The summed E-state index contributed by atoms with van der Waals surface area (Å²) in [5.41, 5.74) is 8.73. The molecule has 15 heteroatoms.